The lowest BCUT2D eigenvalue weighted by atomic mass is 9.84. The van der Waals surface area contributed by atoms with Crippen LogP contribution in [0.2, 0.25) is 0 Å². The fraction of sp³-hybridized carbons (Fsp3) is 0.529. The zero-order chi connectivity index (χ0) is 39.4. The average molecular weight is 772 g/mol. The Hall–Kier alpha value is -3.93. The number of likely N-dealkylation sites (tertiary alicyclic amines) is 1. The molecule has 0 radical (unpaired) electrons. The van der Waals surface area contributed by atoms with Gasteiger partial charge in [-0.15, -0.1) is 0 Å². The molecule has 2 aromatic rings. The molecule has 0 N–H and O–H groups in total. The van der Waals surface area contributed by atoms with E-state index in [1.807, 2.05) is 0 Å². The molecule has 0 spiro atoms. The zero-order valence-corrected chi connectivity index (χ0v) is 29.2. The van der Waals surface area contributed by atoms with Crippen molar-refractivity contribution in [1.29, 1.82) is 0 Å². The van der Waals surface area contributed by atoms with Crippen molar-refractivity contribution in [3.63, 3.8) is 0 Å². The number of nitrogens with zero attached hydrogens (tertiary/aromatic N) is 1. The molecule has 1 aliphatic heterocycles. The number of carbonyl (C=O) groups is 4. The summed E-state index contributed by atoms with van der Waals surface area (Å²) in [7, 11) is -1.86. The number of hydrogen-bond donors (Lipinski definition) is 0. The first kappa shape index (κ1) is 42.5. The van der Waals surface area contributed by atoms with Gasteiger partial charge >= 0.3 is 18.3 Å². The number of ether oxygens (including phenoxy) is 2. The molecule has 288 valence electrons. The van der Waals surface area contributed by atoms with Gasteiger partial charge in [-0.05, 0) is 36.1 Å². The fourth-order valence-corrected chi connectivity index (χ4v) is 7.79. The number of amides is 1. The molecule has 1 saturated heterocycles. The van der Waals surface area contributed by atoms with Crippen molar-refractivity contribution in [2.45, 2.75) is 68.4 Å². The van der Waals surface area contributed by atoms with Crippen LogP contribution in [0.1, 0.15) is 49.8 Å². The lowest BCUT2D eigenvalue weighted by Gasteiger charge is -2.30. The highest BCUT2D eigenvalue weighted by Crippen LogP contribution is 2.41. The number of benzene rings is 2. The zero-order valence-electron chi connectivity index (χ0n) is 28.4. The van der Waals surface area contributed by atoms with Gasteiger partial charge in [0.2, 0.25) is 17.5 Å². The van der Waals surface area contributed by atoms with Crippen LogP contribution in [0, 0.1) is 17.8 Å². The minimum atomic E-state index is -5.33. The number of alkyl halides is 8. The van der Waals surface area contributed by atoms with E-state index in [2.05, 4.69) is 0 Å². The highest BCUT2D eigenvalue weighted by Gasteiger charge is 2.52. The molecule has 0 aromatic heterocycles. The van der Waals surface area contributed by atoms with E-state index in [0.717, 1.165) is 19.2 Å². The van der Waals surface area contributed by atoms with Crippen molar-refractivity contribution >= 4 is 33.1 Å². The topological polar surface area (TPSA) is 124 Å². The molecule has 0 saturated carbocycles. The van der Waals surface area contributed by atoms with Gasteiger partial charge in [0.25, 0.3) is 0 Å². The van der Waals surface area contributed by atoms with Gasteiger partial charge < -0.3 is 14.4 Å². The van der Waals surface area contributed by atoms with Crippen molar-refractivity contribution in [3.8, 4) is 5.75 Å². The van der Waals surface area contributed by atoms with Crippen molar-refractivity contribution in [3.05, 3.63) is 65.2 Å². The number of sulfone groups is 1. The number of rotatable bonds is 16. The molecular weight excluding hydrogens is 734 g/mol. The number of carbonyl (C=O) groups excluding carboxylic acids is 4. The third-order valence-electron chi connectivity index (χ3n) is 8.86. The summed E-state index contributed by atoms with van der Waals surface area (Å²) in [5, 5.41) is -1.51. The quantitative estimate of drug-likeness (QED) is 0.191. The Morgan fingerprint density at radius 3 is 1.94 bits per heavy atom. The predicted molar refractivity (Wildman–Crippen MR) is 169 cm³/mol. The van der Waals surface area contributed by atoms with Gasteiger partial charge in [-0.2, -0.15) is 35.1 Å². The Balaban J connectivity index is 2.00. The second kappa shape index (κ2) is 16.4. The largest absolute Gasteiger partial charge is 0.497 e. The molecule has 9 nitrogen and oxygen atoms in total. The lowest BCUT2D eigenvalue weighted by Crippen LogP contribution is -2.47. The number of ketones is 3. The number of hydrogen-bond acceptors (Lipinski definition) is 8. The minimum Gasteiger partial charge on any atom is -0.497 e. The third kappa shape index (κ3) is 9.93. The molecule has 2 aromatic carbocycles. The van der Waals surface area contributed by atoms with Crippen LogP contribution in [-0.4, -0.2) is 81.4 Å². The normalized spacial score (nSPS) is 18.3. The number of methoxy groups -OCH3 is 2. The van der Waals surface area contributed by atoms with Gasteiger partial charge in [0.15, 0.2) is 15.6 Å². The summed E-state index contributed by atoms with van der Waals surface area (Å²) in [5.74, 6) is -16.6. The molecular formula is C34H37F8NO8S. The van der Waals surface area contributed by atoms with Gasteiger partial charge in [-0.3, -0.25) is 19.2 Å². The van der Waals surface area contributed by atoms with Gasteiger partial charge in [0.1, 0.15) is 5.75 Å². The maximum atomic E-state index is 15.4. The Labute approximate surface area is 294 Å². The monoisotopic (exact) mass is 771 g/mol. The van der Waals surface area contributed by atoms with Crippen molar-refractivity contribution in [1.82, 2.24) is 4.90 Å². The first-order chi connectivity index (χ1) is 23.9. The van der Waals surface area contributed by atoms with E-state index < -0.39 is 130 Å². The van der Waals surface area contributed by atoms with Crippen LogP contribution in [0.5, 0.6) is 5.75 Å². The minimum absolute atomic E-state index is 0.272. The van der Waals surface area contributed by atoms with E-state index in [4.69, 9.17) is 9.47 Å². The van der Waals surface area contributed by atoms with Crippen LogP contribution in [0.25, 0.3) is 0 Å². The molecule has 0 bridgehead atoms. The molecule has 52 heavy (non-hydrogen) atoms. The van der Waals surface area contributed by atoms with Crippen LogP contribution < -0.4 is 4.74 Å². The summed E-state index contributed by atoms with van der Waals surface area (Å²) < 4.78 is 149. The molecule has 0 unspecified atom stereocenters. The highest BCUT2D eigenvalue weighted by molar-refractivity contribution is 7.91. The van der Waals surface area contributed by atoms with E-state index in [1.54, 1.807) is 0 Å². The van der Waals surface area contributed by atoms with Crippen molar-refractivity contribution in [2.24, 2.45) is 17.8 Å². The molecule has 18 heteroatoms. The van der Waals surface area contributed by atoms with Gasteiger partial charge in [-0.25, -0.2) is 8.42 Å². The molecule has 3 rings (SSSR count). The fourth-order valence-electron chi connectivity index (χ4n) is 6.03. The summed E-state index contributed by atoms with van der Waals surface area (Å²) in [4.78, 5) is 53.4. The predicted octanol–water partition coefficient (Wildman–Crippen LogP) is 5.97. The van der Waals surface area contributed by atoms with Crippen molar-refractivity contribution in [2.75, 3.05) is 27.4 Å². The summed E-state index contributed by atoms with van der Waals surface area (Å²) in [5.41, 5.74) is -3.20. The Kier molecular flexibility index (Phi) is 13.4. The van der Waals surface area contributed by atoms with E-state index in [1.165, 1.54) is 45.2 Å². The molecule has 0 aliphatic carbocycles. The first-order valence-electron chi connectivity index (χ1n) is 15.8. The van der Waals surface area contributed by atoms with E-state index in [0.29, 0.717) is 22.8 Å². The maximum Gasteiger partial charge on any atom is 0.450 e. The van der Waals surface area contributed by atoms with Crippen LogP contribution in [0.4, 0.5) is 35.1 Å². The number of Topliss-reactive ketones (excluding diaryl/α,β-unsaturated/α-hetero) is 3. The second-order valence-electron chi connectivity index (χ2n) is 12.8. The Morgan fingerprint density at radius 1 is 0.865 bits per heavy atom. The average Bonchev–Trinajstić information content (AvgIpc) is 3.52. The van der Waals surface area contributed by atoms with Gasteiger partial charge in [0, 0.05) is 38.0 Å². The van der Waals surface area contributed by atoms with E-state index in [-0.39, 0.29) is 5.56 Å². The van der Waals surface area contributed by atoms with Crippen LogP contribution in [0.3, 0.4) is 0 Å². The third-order valence-corrected chi connectivity index (χ3v) is 11.0. The standard InChI is InChI=1S/C34H37F8NO8S/c1-19(2)24(30(46)34(40,41)42)15-28(44)27-14-23(52(48,49)18-20-9-11-22(51-4)12-10-20)16-43(27)31(47)21(17-50-3)13-29(45)32(35,36)25-7-5-6-8-26(25)33(37,38)39/h5-12,19,21,23-24,27H,13-18H2,1-4H3/t21-,23+,24-,27-/m0/s1. The molecule has 1 heterocycles. The summed E-state index contributed by atoms with van der Waals surface area (Å²) in [6.45, 7) is 0.954. The molecule has 1 amide bonds. The summed E-state index contributed by atoms with van der Waals surface area (Å²) in [6.07, 6.45) is -13.7. The molecule has 1 fully saturated rings. The van der Waals surface area contributed by atoms with E-state index in [9.17, 15) is 53.9 Å². The van der Waals surface area contributed by atoms with E-state index >= 15 is 8.78 Å². The van der Waals surface area contributed by atoms with Crippen LogP contribution in [-0.2, 0) is 51.6 Å². The Morgan fingerprint density at radius 2 is 1.44 bits per heavy atom. The van der Waals surface area contributed by atoms with Gasteiger partial charge in [-0.1, -0.05) is 44.2 Å². The van der Waals surface area contributed by atoms with Crippen molar-refractivity contribution < 1.29 is 72.2 Å². The van der Waals surface area contributed by atoms with Gasteiger partial charge in [0.05, 0.1) is 42.2 Å². The SMILES string of the molecule is COC[C@H](CC(=O)C(F)(F)c1ccccc1C(F)(F)F)C(=O)N1C[C@H](S(=O)(=O)Cc2ccc(OC)cc2)C[C@H]1C(=O)C[C@H](C(=O)C(F)(F)F)C(C)C. The molecule has 1 aliphatic rings. The smallest absolute Gasteiger partial charge is 0.450 e. The number of halogens is 8. The Bertz CT molecular complexity index is 1730. The summed E-state index contributed by atoms with van der Waals surface area (Å²) >= 11 is 0. The lowest BCUT2D eigenvalue weighted by molar-refractivity contribution is -0.177. The van der Waals surface area contributed by atoms with Crippen LogP contribution >= 0.6 is 0 Å². The maximum absolute atomic E-state index is 15.4. The highest BCUT2D eigenvalue weighted by atomic mass is 32.2. The molecule has 4 atom stereocenters. The van der Waals surface area contributed by atoms with Crippen LogP contribution in [0.15, 0.2) is 48.5 Å². The summed E-state index contributed by atoms with van der Waals surface area (Å²) in [6, 6.07) is 6.47. The second-order valence-corrected chi connectivity index (χ2v) is 15.1. The first-order valence-corrected chi connectivity index (χ1v) is 17.5.